The number of nitrogens with zero attached hydrogens (tertiary/aromatic N) is 1. The highest BCUT2D eigenvalue weighted by Gasteiger charge is 2.28. The molecule has 0 saturated carbocycles. The Morgan fingerprint density at radius 3 is 2.47 bits per heavy atom. The van der Waals surface area contributed by atoms with E-state index in [1.54, 1.807) is 6.26 Å². The highest BCUT2D eigenvalue weighted by molar-refractivity contribution is 5.07. The van der Waals surface area contributed by atoms with Crippen molar-refractivity contribution < 1.29 is 4.42 Å². The quantitative estimate of drug-likeness (QED) is 0.857. The third kappa shape index (κ3) is 4.17. The molecule has 1 aromatic rings. The molecule has 0 saturated heterocycles. The first kappa shape index (κ1) is 14.3. The summed E-state index contributed by atoms with van der Waals surface area (Å²) in [4.78, 5) is 2.30. The van der Waals surface area contributed by atoms with Crippen molar-refractivity contribution in [3.63, 3.8) is 0 Å². The van der Waals surface area contributed by atoms with Crippen LogP contribution in [-0.2, 0) is 0 Å². The molecular formula is C14H26N2O. The van der Waals surface area contributed by atoms with E-state index in [4.69, 9.17) is 10.2 Å². The molecule has 0 spiro atoms. The predicted molar refractivity (Wildman–Crippen MR) is 71.8 cm³/mol. The molecule has 3 heteroatoms. The zero-order valence-corrected chi connectivity index (χ0v) is 11.7. The number of rotatable bonds is 5. The maximum atomic E-state index is 6.23. The van der Waals surface area contributed by atoms with Crippen LogP contribution in [0.15, 0.2) is 22.8 Å². The lowest BCUT2D eigenvalue weighted by molar-refractivity contribution is 0.134. The van der Waals surface area contributed by atoms with Crippen molar-refractivity contribution in [2.75, 3.05) is 13.6 Å². The highest BCUT2D eigenvalue weighted by Crippen LogP contribution is 2.27. The molecule has 2 unspecified atom stereocenters. The fraction of sp³-hybridized carbons (Fsp3) is 0.714. The van der Waals surface area contributed by atoms with Crippen LogP contribution in [0.25, 0.3) is 0 Å². The van der Waals surface area contributed by atoms with E-state index in [1.165, 1.54) is 0 Å². The smallest absolute Gasteiger partial charge is 0.122 e. The van der Waals surface area contributed by atoms with Gasteiger partial charge in [-0.05, 0) is 31.0 Å². The largest absolute Gasteiger partial charge is 0.468 e. The van der Waals surface area contributed by atoms with Crippen molar-refractivity contribution in [3.8, 4) is 0 Å². The van der Waals surface area contributed by atoms with Crippen LogP contribution < -0.4 is 5.73 Å². The van der Waals surface area contributed by atoms with Gasteiger partial charge >= 0.3 is 0 Å². The predicted octanol–water partition coefficient (Wildman–Crippen LogP) is 3.04. The van der Waals surface area contributed by atoms with Gasteiger partial charge < -0.3 is 10.2 Å². The van der Waals surface area contributed by atoms with Crippen molar-refractivity contribution in [3.05, 3.63) is 24.2 Å². The Balaban J connectivity index is 2.84. The van der Waals surface area contributed by atoms with E-state index in [0.29, 0.717) is 0 Å². The van der Waals surface area contributed by atoms with Crippen molar-refractivity contribution in [1.29, 1.82) is 0 Å². The molecule has 1 heterocycles. The fourth-order valence-corrected chi connectivity index (χ4v) is 2.28. The lowest BCUT2D eigenvalue weighted by Gasteiger charge is -2.35. The molecule has 3 nitrogen and oxygen atoms in total. The minimum Gasteiger partial charge on any atom is -0.468 e. The Morgan fingerprint density at radius 2 is 2.06 bits per heavy atom. The number of furan rings is 1. The van der Waals surface area contributed by atoms with Gasteiger partial charge in [0.1, 0.15) is 5.76 Å². The van der Waals surface area contributed by atoms with Crippen LogP contribution >= 0.6 is 0 Å². The second-order valence-corrected chi connectivity index (χ2v) is 6.01. The van der Waals surface area contributed by atoms with Crippen LogP contribution in [0.1, 0.15) is 45.9 Å². The Kier molecular flexibility index (Phi) is 4.78. The monoisotopic (exact) mass is 238 g/mol. The summed E-state index contributed by atoms with van der Waals surface area (Å²) in [6.45, 7) is 9.82. The Labute approximate surface area is 105 Å². The highest BCUT2D eigenvalue weighted by atomic mass is 16.3. The maximum Gasteiger partial charge on any atom is 0.122 e. The van der Waals surface area contributed by atoms with E-state index >= 15 is 0 Å². The first-order valence-electron chi connectivity index (χ1n) is 6.34. The fourth-order valence-electron chi connectivity index (χ4n) is 2.28. The second-order valence-electron chi connectivity index (χ2n) is 6.01. The van der Waals surface area contributed by atoms with E-state index in [0.717, 1.165) is 18.7 Å². The molecule has 17 heavy (non-hydrogen) atoms. The van der Waals surface area contributed by atoms with E-state index in [-0.39, 0.29) is 17.5 Å². The van der Waals surface area contributed by atoms with Crippen LogP contribution in [0.3, 0.4) is 0 Å². The standard InChI is InChI=1S/C14H26N2O/c1-6-11(15)13(12-8-7-9-17-12)16(5)10-14(2,3)4/h7-9,11,13H,6,10,15H2,1-5H3. The van der Waals surface area contributed by atoms with Crippen molar-refractivity contribution in [2.24, 2.45) is 11.1 Å². The van der Waals surface area contributed by atoms with Gasteiger partial charge in [-0.25, -0.2) is 0 Å². The third-order valence-corrected chi connectivity index (χ3v) is 2.91. The van der Waals surface area contributed by atoms with Gasteiger partial charge in [0.05, 0.1) is 12.3 Å². The normalized spacial score (nSPS) is 16.2. The van der Waals surface area contributed by atoms with Gasteiger partial charge in [0.2, 0.25) is 0 Å². The lowest BCUT2D eigenvalue weighted by atomic mass is 9.93. The zero-order valence-electron chi connectivity index (χ0n) is 11.7. The topological polar surface area (TPSA) is 42.4 Å². The Hall–Kier alpha value is -0.800. The van der Waals surface area contributed by atoms with Gasteiger partial charge in [-0.3, -0.25) is 4.90 Å². The van der Waals surface area contributed by atoms with Gasteiger partial charge in [-0.2, -0.15) is 0 Å². The minimum absolute atomic E-state index is 0.105. The van der Waals surface area contributed by atoms with E-state index in [2.05, 4.69) is 39.6 Å². The van der Waals surface area contributed by atoms with E-state index in [9.17, 15) is 0 Å². The molecule has 0 aliphatic carbocycles. The number of hydrogen-bond donors (Lipinski definition) is 1. The molecule has 0 aliphatic heterocycles. The average Bonchev–Trinajstić information content (AvgIpc) is 2.68. The van der Waals surface area contributed by atoms with Crippen molar-refractivity contribution in [1.82, 2.24) is 4.90 Å². The number of nitrogens with two attached hydrogens (primary N) is 1. The molecule has 0 amide bonds. The SMILES string of the molecule is CCC(N)C(c1ccco1)N(C)CC(C)(C)C. The average molecular weight is 238 g/mol. The maximum absolute atomic E-state index is 6.23. The van der Waals surface area contributed by atoms with Crippen LogP contribution in [0.2, 0.25) is 0 Å². The minimum atomic E-state index is 0.105. The molecule has 2 atom stereocenters. The summed E-state index contributed by atoms with van der Waals surface area (Å²) in [6, 6.07) is 4.21. The Morgan fingerprint density at radius 1 is 1.41 bits per heavy atom. The zero-order chi connectivity index (χ0) is 13.1. The van der Waals surface area contributed by atoms with Crippen LogP contribution in [0, 0.1) is 5.41 Å². The van der Waals surface area contributed by atoms with Crippen LogP contribution in [-0.4, -0.2) is 24.5 Å². The summed E-state index contributed by atoms with van der Waals surface area (Å²) in [6.07, 6.45) is 2.66. The van der Waals surface area contributed by atoms with Gasteiger partial charge in [0.25, 0.3) is 0 Å². The molecule has 0 aliphatic rings. The molecule has 0 radical (unpaired) electrons. The van der Waals surface area contributed by atoms with Gasteiger partial charge in [-0.1, -0.05) is 27.7 Å². The summed E-state index contributed by atoms with van der Waals surface area (Å²) < 4.78 is 5.53. The van der Waals surface area contributed by atoms with Crippen LogP contribution in [0.4, 0.5) is 0 Å². The molecular weight excluding hydrogens is 212 g/mol. The molecule has 0 fully saturated rings. The number of hydrogen-bond acceptors (Lipinski definition) is 3. The molecule has 1 aromatic heterocycles. The van der Waals surface area contributed by atoms with Crippen molar-refractivity contribution >= 4 is 0 Å². The first-order valence-corrected chi connectivity index (χ1v) is 6.34. The molecule has 98 valence electrons. The summed E-state index contributed by atoms with van der Waals surface area (Å²) in [5, 5.41) is 0. The lowest BCUT2D eigenvalue weighted by Crippen LogP contribution is -2.42. The first-order chi connectivity index (χ1) is 7.85. The second kappa shape index (κ2) is 5.69. The molecule has 0 bridgehead atoms. The Bertz CT molecular complexity index is 313. The summed E-state index contributed by atoms with van der Waals surface area (Å²) >= 11 is 0. The summed E-state index contributed by atoms with van der Waals surface area (Å²) in [7, 11) is 2.12. The van der Waals surface area contributed by atoms with Crippen LogP contribution in [0.5, 0.6) is 0 Å². The molecule has 0 aromatic carbocycles. The van der Waals surface area contributed by atoms with Gasteiger partial charge in [0, 0.05) is 12.6 Å². The van der Waals surface area contributed by atoms with Gasteiger partial charge in [0.15, 0.2) is 0 Å². The third-order valence-electron chi connectivity index (χ3n) is 2.91. The van der Waals surface area contributed by atoms with E-state index in [1.807, 2.05) is 12.1 Å². The van der Waals surface area contributed by atoms with E-state index < -0.39 is 0 Å². The molecule has 2 N–H and O–H groups in total. The van der Waals surface area contributed by atoms with Gasteiger partial charge in [-0.15, -0.1) is 0 Å². The summed E-state index contributed by atoms with van der Waals surface area (Å²) in [5.74, 6) is 0.964. The number of likely N-dealkylation sites (N-methyl/N-ethyl adjacent to an activating group) is 1. The van der Waals surface area contributed by atoms with Crippen molar-refractivity contribution in [2.45, 2.75) is 46.2 Å². The molecule has 1 rings (SSSR count). The summed E-state index contributed by atoms with van der Waals surface area (Å²) in [5.41, 5.74) is 6.48.